The lowest BCUT2D eigenvalue weighted by Crippen LogP contribution is -2.43. The second-order valence-corrected chi connectivity index (χ2v) is 4.63. The van der Waals surface area contributed by atoms with Crippen LogP contribution in [0.4, 0.5) is 0 Å². The molecule has 0 aromatic carbocycles. The van der Waals surface area contributed by atoms with Crippen molar-refractivity contribution in [2.45, 2.75) is 19.4 Å². The predicted molar refractivity (Wildman–Crippen MR) is 59.8 cm³/mol. The zero-order valence-corrected chi connectivity index (χ0v) is 10.3. The van der Waals surface area contributed by atoms with Crippen LogP contribution in [0.3, 0.4) is 0 Å². The van der Waals surface area contributed by atoms with E-state index in [1.807, 2.05) is 21.1 Å². The van der Waals surface area contributed by atoms with E-state index in [0.717, 1.165) is 0 Å². The molecule has 0 spiro atoms. The minimum absolute atomic E-state index is 0.168. The number of nitrogens with zero attached hydrogens (tertiary/aromatic N) is 1. The highest BCUT2D eigenvalue weighted by Crippen LogP contribution is 2.05. The standard InChI is InChI=1S/C11H19NO4/c1-5-6-11(15)16-9(7-10(13)14)8-12(2,3)4/h5-6,9H,7-8H2,1-4H3/p+1/b6-5+/t9-/m0/s1. The summed E-state index contributed by atoms with van der Waals surface area (Å²) in [5, 5.41) is 8.71. The van der Waals surface area contributed by atoms with Crippen molar-refractivity contribution in [2.24, 2.45) is 0 Å². The Balaban J connectivity index is 4.43. The van der Waals surface area contributed by atoms with Crippen molar-refractivity contribution < 1.29 is 23.9 Å². The summed E-state index contributed by atoms with van der Waals surface area (Å²) in [6, 6.07) is 0. The second kappa shape index (κ2) is 6.27. The van der Waals surface area contributed by atoms with E-state index in [1.165, 1.54) is 6.08 Å². The predicted octanol–water partition coefficient (Wildman–Crippen LogP) is 0.655. The van der Waals surface area contributed by atoms with Gasteiger partial charge in [-0.05, 0) is 6.92 Å². The largest absolute Gasteiger partial charge is 0.481 e. The zero-order chi connectivity index (χ0) is 12.8. The van der Waals surface area contributed by atoms with Gasteiger partial charge < -0.3 is 14.3 Å². The number of carbonyl (C=O) groups is 2. The lowest BCUT2D eigenvalue weighted by Gasteiger charge is -2.28. The van der Waals surface area contributed by atoms with Crippen LogP contribution in [0.25, 0.3) is 0 Å². The van der Waals surface area contributed by atoms with Gasteiger partial charge in [0.05, 0.1) is 27.6 Å². The van der Waals surface area contributed by atoms with E-state index in [9.17, 15) is 9.59 Å². The van der Waals surface area contributed by atoms with E-state index < -0.39 is 18.0 Å². The lowest BCUT2D eigenvalue weighted by atomic mass is 10.2. The number of quaternary nitrogens is 1. The first-order chi connectivity index (χ1) is 7.24. The summed E-state index contributed by atoms with van der Waals surface area (Å²) in [5.74, 6) is -1.46. The molecule has 92 valence electrons. The quantitative estimate of drug-likeness (QED) is 0.413. The molecule has 1 N–H and O–H groups in total. The van der Waals surface area contributed by atoms with Crippen LogP contribution in [0.15, 0.2) is 12.2 Å². The Morgan fingerprint density at radius 2 is 1.94 bits per heavy atom. The monoisotopic (exact) mass is 230 g/mol. The smallest absolute Gasteiger partial charge is 0.330 e. The first kappa shape index (κ1) is 14.6. The van der Waals surface area contributed by atoms with Crippen LogP contribution in [-0.2, 0) is 14.3 Å². The van der Waals surface area contributed by atoms with Gasteiger partial charge in [-0.3, -0.25) is 4.79 Å². The highest BCUT2D eigenvalue weighted by molar-refractivity contribution is 5.82. The van der Waals surface area contributed by atoms with Gasteiger partial charge in [0.25, 0.3) is 0 Å². The summed E-state index contributed by atoms with van der Waals surface area (Å²) in [4.78, 5) is 21.8. The Labute approximate surface area is 95.9 Å². The number of hydrogen-bond acceptors (Lipinski definition) is 3. The molecule has 0 saturated heterocycles. The molecule has 0 aliphatic heterocycles. The summed E-state index contributed by atoms with van der Waals surface area (Å²) in [6.45, 7) is 2.17. The van der Waals surface area contributed by atoms with Gasteiger partial charge in [0, 0.05) is 6.08 Å². The number of likely N-dealkylation sites (N-methyl/N-ethyl adjacent to an activating group) is 1. The van der Waals surface area contributed by atoms with Crippen LogP contribution in [0.2, 0.25) is 0 Å². The molecule has 5 nitrogen and oxygen atoms in total. The molecule has 0 fully saturated rings. The summed E-state index contributed by atoms with van der Waals surface area (Å²) < 4.78 is 5.60. The Morgan fingerprint density at radius 3 is 2.31 bits per heavy atom. The van der Waals surface area contributed by atoms with Crippen LogP contribution in [0, 0.1) is 0 Å². The normalized spacial score (nSPS) is 13.8. The summed E-state index contributed by atoms with van der Waals surface area (Å²) >= 11 is 0. The molecular formula is C11H20NO4+. The number of carboxylic acids is 1. The molecule has 0 aromatic rings. The van der Waals surface area contributed by atoms with Gasteiger partial charge >= 0.3 is 11.9 Å². The van der Waals surface area contributed by atoms with Crippen molar-refractivity contribution in [2.75, 3.05) is 27.7 Å². The number of ether oxygens (including phenoxy) is 1. The third-order valence-corrected chi connectivity index (χ3v) is 1.74. The zero-order valence-electron chi connectivity index (χ0n) is 10.3. The fraction of sp³-hybridized carbons (Fsp3) is 0.636. The third-order valence-electron chi connectivity index (χ3n) is 1.74. The molecule has 0 saturated carbocycles. The van der Waals surface area contributed by atoms with Crippen molar-refractivity contribution in [3.05, 3.63) is 12.2 Å². The first-order valence-corrected chi connectivity index (χ1v) is 5.10. The van der Waals surface area contributed by atoms with E-state index >= 15 is 0 Å². The maximum atomic E-state index is 11.2. The molecule has 0 bridgehead atoms. The molecule has 0 aliphatic rings. The molecule has 0 amide bonds. The summed E-state index contributed by atoms with van der Waals surface area (Å²) in [6.07, 6.45) is 2.08. The van der Waals surface area contributed by atoms with Crippen molar-refractivity contribution in [1.82, 2.24) is 0 Å². The molecular weight excluding hydrogens is 210 g/mol. The molecule has 1 atom stereocenters. The molecule has 0 radical (unpaired) electrons. The van der Waals surface area contributed by atoms with Crippen molar-refractivity contribution in [3.63, 3.8) is 0 Å². The molecule has 0 rings (SSSR count). The van der Waals surface area contributed by atoms with E-state index in [0.29, 0.717) is 11.0 Å². The maximum absolute atomic E-state index is 11.2. The lowest BCUT2D eigenvalue weighted by molar-refractivity contribution is -0.873. The van der Waals surface area contributed by atoms with Crippen molar-refractivity contribution >= 4 is 11.9 Å². The Morgan fingerprint density at radius 1 is 1.38 bits per heavy atom. The molecule has 5 heteroatoms. The van der Waals surface area contributed by atoms with Gasteiger partial charge in [-0.2, -0.15) is 0 Å². The Bertz CT molecular complexity index is 278. The number of carbonyl (C=O) groups excluding carboxylic acids is 1. The van der Waals surface area contributed by atoms with Gasteiger partial charge in [-0.1, -0.05) is 6.08 Å². The van der Waals surface area contributed by atoms with E-state index in [4.69, 9.17) is 9.84 Å². The number of rotatable bonds is 6. The second-order valence-electron chi connectivity index (χ2n) is 4.63. The molecule has 0 unspecified atom stereocenters. The minimum atomic E-state index is -0.966. The van der Waals surface area contributed by atoms with Gasteiger partial charge in [-0.25, -0.2) is 4.79 Å². The highest BCUT2D eigenvalue weighted by Gasteiger charge is 2.23. The van der Waals surface area contributed by atoms with Crippen LogP contribution < -0.4 is 0 Å². The molecule has 0 heterocycles. The van der Waals surface area contributed by atoms with Crippen molar-refractivity contribution in [1.29, 1.82) is 0 Å². The topological polar surface area (TPSA) is 63.6 Å². The van der Waals surface area contributed by atoms with E-state index in [2.05, 4.69) is 0 Å². The number of aliphatic carboxylic acids is 1. The van der Waals surface area contributed by atoms with Gasteiger partial charge in [0.2, 0.25) is 0 Å². The minimum Gasteiger partial charge on any atom is -0.481 e. The highest BCUT2D eigenvalue weighted by atomic mass is 16.5. The fourth-order valence-electron chi connectivity index (χ4n) is 1.29. The van der Waals surface area contributed by atoms with Gasteiger partial charge in [0.15, 0.2) is 6.10 Å². The average molecular weight is 230 g/mol. The molecule has 16 heavy (non-hydrogen) atoms. The van der Waals surface area contributed by atoms with Crippen LogP contribution in [0.1, 0.15) is 13.3 Å². The number of esters is 1. The van der Waals surface area contributed by atoms with E-state index in [-0.39, 0.29) is 6.42 Å². The molecule has 0 aromatic heterocycles. The number of allylic oxidation sites excluding steroid dienone is 1. The van der Waals surface area contributed by atoms with Gasteiger partial charge in [-0.15, -0.1) is 0 Å². The van der Waals surface area contributed by atoms with E-state index in [1.54, 1.807) is 13.0 Å². The Hall–Kier alpha value is -1.36. The summed E-state index contributed by atoms with van der Waals surface area (Å²) in [7, 11) is 5.75. The fourth-order valence-corrected chi connectivity index (χ4v) is 1.29. The van der Waals surface area contributed by atoms with Crippen molar-refractivity contribution in [3.8, 4) is 0 Å². The first-order valence-electron chi connectivity index (χ1n) is 5.10. The van der Waals surface area contributed by atoms with Crippen LogP contribution in [0.5, 0.6) is 0 Å². The number of hydrogen-bond donors (Lipinski definition) is 1. The average Bonchev–Trinajstić information content (AvgIpc) is 1.98. The number of carboxylic acid groups (broad SMARTS) is 1. The maximum Gasteiger partial charge on any atom is 0.330 e. The van der Waals surface area contributed by atoms with Gasteiger partial charge in [0.1, 0.15) is 6.54 Å². The summed E-state index contributed by atoms with van der Waals surface area (Å²) in [5.41, 5.74) is 0. The molecule has 0 aliphatic carbocycles. The Kier molecular flexibility index (Phi) is 5.74. The SMILES string of the molecule is C/C=C/C(=O)O[C@@H](CC(=O)O)C[N+](C)(C)C. The van der Waals surface area contributed by atoms with Crippen LogP contribution in [-0.4, -0.2) is 55.3 Å². The van der Waals surface area contributed by atoms with Crippen LogP contribution >= 0.6 is 0 Å². The third kappa shape index (κ3) is 7.99.